The number of ether oxygens (including phenoxy) is 1. The standard InChI is InChI=1S/C28H41BrN2O5S/c1-4-7-11-15-36-27(35)21-22-25(33)31(18(6-3)17-32)24(28(22)16-20(29)23(21)37-28)26(34)30(14-5-2)19-12-9-8-10-13-19/h4-5,18-24,32H,1-2,6-17H2,3H3/t18-,20?,21+,22-,23+,24?,28?/m0/s1. The lowest BCUT2D eigenvalue weighted by Crippen LogP contribution is -2.59. The summed E-state index contributed by atoms with van der Waals surface area (Å²) in [5.74, 6) is -1.86. The van der Waals surface area contributed by atoms with E-state index in [2.05, 4.69) is 29.1 Å². The van der Waals surface area contributed by atoms with Crippen molar-refractivity contribution in [3.05, 3.63) is 25.3 Å². The van der Waals surface area contributed by atoms with E-state index in [9.17, 15) is 19.5 Å². The highest BCUT2D eigenvalue weighted by molar-refractivity contribution is 9.09. The molecule has 2 amide bonds. The molecule has 206 valence electrons. The number of alkyl halides is 1. The molecule has 4 fully saturated rings. The minimum absolute atomic E-state index is 0.000682. The van der Waals surface area contributed by atoms with Crippen molar-refractivity contribution in [2.24, 2.45) is 11.8 Å². The molecular formula is C28H41BrN2O5S. The molecule has 2 bridgehead atoms. The van der Waals surface area contributed by atoms with Gasteiger partial charge in [-0.1, -0.05) is 54.3 Å². The second-order valence-corrected chi connectivity index (χ2v) is 13.5. The molecule has 1 aliphatic carbocycles. The van der Waals surface area contributed by atoms with E-state index in [0.29, 0.717) is 25.8 Å². The van der Waals surface area contributed by atoms with Crippen LogP contribution in [0.1, 0.15) is 64.7 Å². The Balaban J connectivity index is 1.71. The van der Waals surface area contributed by atoms with E-state index in [1.54, 1.807) is 28.8 Å². The fraction of sp³-hybridized carbons (Fsp3) is 0.750. The topological polar surface area (TPSA) is 87.2 Å². The molecule has 3 saturated heterocycles. The summed E-state index contributed by atoms with van der Waals surface area (Å²) in [6.07, 6.45) is 11.4. The first-order valence-corrected chi connectivity index (χ1v) is 15.6. The van der Waals surface area contributed by atoms with Crippen molar-refractivity contribution in [2.75, 3.05) is 19.8 Å². The summed E-state index contributed by atoms with van der Waals surface area (Å²) in [4.78, 5) is 45.7. The number of rotatable bonds is 12. The molecule has 0 aromatic rings. The van der Waals surface area contributed by atoms with E-state index in [1.807, 2.05) is 11.8 Å². The van der Waals surface area contributed by atoms with Crippen LogP contribution in [-0.2, 0) is 19.1 Å². The quantitative estimate of drug-likeness (QED) is 0.158. The van der Waals surface area contributed by atoms with Gasteiger partial charge in [0, 0.05) is 22.7 Å². The van der Waals surface area contributed by atoms with Crippen LogP contribution in [0.4, 0.5) is 0 Å². The zero-order valence-electron chi connectivity index (χ0n) is 21.9. The third-order valence-corrected chi connectivity index (χ3v) is 11.9. The van der Waals surface area contributed by atoms with Gasteiger partial charge in [-0.3, -0.25) is 14.4 Å². The fourth-order valence-electron chi connectivity index (χ4n) is 7.03. The number of amides is 2. The van der Waals surface area contributed by atoms with Gasteiger partial charge < -0.3 is 19.6 Å². The Bertz CT molecular complexity index is 892. The van der Waals surface area contributed by atoms with Crippen LogP contribution < -0.4 is 0 Å². The number of carbonyl (C=O) groups excluding carboxylic acids is 3. The normalized spacial score (nSPS) is 33.8. The highest BCUT2D eigenvalue weighted by atomic mass is 79.9. The lowest BCUT2D eigenvalue weighted by Gasteiger charge is -2.42. The number of hydrogen-bond acceptors (Lipinski definition) is 6. The maximum Gasteiger partial charge on any atom is 0.310 e. The monoisotopic (exact) mass is 596 g/mol. The lowest BCUT2D eigenvalue weighted by atomic mass is 9.71. The Labute approximate surface area is 233 Å². The van der Waals surface area contributed by atoms with Gasteiger partial charge in [0.15, 0.2) is 0 Å². The number of esters is 1. The maximum absolute atomic E-state index is 14.5. The summed E-state index contributed by atoms with van der Waals surface area (Å²) in [6, 6.07) is -1.08. The number of allylic oxidation sites excluding steroid dienone is 1. The number of thioether (sulfide) groups is 1. The first-order valence-electron chi connectivity index (χ1n) is 13.8. The van der Waals surface area contributed by atoms with Gasteiger partial charge in [0.2, 0.25) is 11.8 Å². The number of unbranched alkanes of at least 4 members (excludes halogenated alkanes) is 1. The zero-order chi connectivity index (χ0) is 26.7. The van der Waals surface area contributed by atoms with Crippen molar-refractivity contribution < 1.29 is 24.2 Å². The molecule has 1 saturated carbocycles. The minimum Gasteiger partial charge on any atom is -0.465 e. The summed E-state index contributed by atoms with van der Waals surface area (Å²) in [6.45, 7) is 10.0. The summed E-state index contributed by atoms with van der Waals surface area (Å²) < 4.78 is 4.93. The van der Waals surface area contributed by atoms with Crippen molar-refractivity contribution in [3.63, 3.8) is 0 Å². The predicted molar refractivity (Wildman–Crippen MR) is 149 cm³/mol. The fourth-order valence-corrected chi connectivity index (χ4v) is 10.6. The smallest absolute Gasteiger partial charge is 0.310 e. The summed E-state index contributed by atoms with van der Waals surface area (Å²) in [5, 5.41) is 10.1. The third kappa shape index (κ3) is 5.05. The Hall–Kier alpha value is -1.32. The lowest BCUT2D eigenvalue weighted by molar-refractivity contribution is -0.154. The first kappa shape index (κ1) is 28.7. The van der Waals surface area contributed by atoms with Gasteiger partial charge in [0.25, 0.3) is 0 Å². The molecule has 37 heavy (non-hydrogen) atoms. The van der Waals surface area contributed by atoms with Crippen LogP contribution in [-0.4, -0.2) is 85.4 Å². The van der Waals surface area contributed by atoms with Crippen LogP contribution in [0.3, 0.4) is 0 Å². The molecule has 3 aliphatic heterocycles. The van der Waals surface area contributed by atoms with Crippen molar-refractivity contribution in [1.29, 1.82) is 0 Å². The molecule has 7 atom stereocenters. The van der Waals surface area contributed by atoms with Crippen LogP contribution in [0.2, 0.25) is 0 Å². The predicted octanol–water partition coefficient (Wildman–Crippen LogP) is 4.08. The highest BCUT2D eigenvalue weighted by Crippen LogP contribution is 2.68. The van der Waals surface area contributed by atoms with Crippen molar-refractivity contribution in [1.82, 2.24) is 9.80 Å². The summed E-state index contributed by atoms with van der Waals surface area (Å²) in [5.41, 5.74) is 0. The van der Waals surface area contributed by atoms with Gasteiger partial charge in [-0.25, -0.2) is 0 Å². The van der Waals surface area contributed by atoms with Crippen LogP contribution in [0.15, 0.2) is 25.3 Å². The number of hydrogen-bond donors (Lipinski definition) is 1. The van der Waals surface area contributed by atoms with E-state index >= 15 is 0 Å². The van der Waals surface area contributed by atoms with Gasteiger partial charge in [-0.05, 0) is 38.5 Å². The first-order chi connectivity index (χ1) is 17.9. The molecular weight excluding hydrogens is 556 g/mol. The summed E-state index contributed by atoms with van der Waals surface area (Å²) in [7, 11) is 0. The number of likely N-dealkylation sites (tertiary alicyclic amines) is 1. The van der Waals surface area contributed by atoms with Gasteiger partial charge in [-0.15, -0.1) is 24.9 Å². The average Bonchev–Trinajstić information content (AvgIpc) is 3.50. The second-order valence-electron chi connectivity index (χ2n) is 10.8. The van der Waals surface area contributed by atoms with E-state index in [4.69, 9.17) is 4.74 Å². The number of carbonyl (C=O) groups is 3. The highest BCUT2D eigenvalue weighted by Gasteiger charge is 2.76. The van der Waals surface area contributed by atoms with Crippen molar-refractivity contribution in [3.8, 4) is 0 Å². The van der Waals surface area contributed by atoms with Crippen LogP contribution >= 0.6 is 27.7 Å². The maximum atomic E-state index is 14.5. The second kappa shape index (κ2) is 12.2. The number of aliphatic hydroxyl groups excluding tert-OH is 1. The Morgan fingerprint density at radius 3 is 2.65 bits per heavy atom. The van der Waals surface area contributed by atoms with Crippen LogP contribution in [0.5, 0.6) is 0 Å². The van der Waals surface area contributed by atoms with Gasteiger partial charge >= 0.3 is 5.97 Å². The molecule has 0 aromatic carbocycles. The SMILES string of the molecule is C=CCCCOC(=O)[C@H]1[C@@H]2SC3(CC2Br)C(C(=O)N(CC=C)C2CCCCC2)N([C@@H](CC)CO)C(=O)[C@H]13. The average molecular weight is 598 g/mol. The molecule has 3 unspecified atom stereocenters. The zero-order valence-corrected chi connectivity index (χ0v) is 24.3. The van der Waals surface area contributed by atoms with Crippen molar-refractivity contribution >= 4 is 45.5 Å². The number of nitrogens with zero attached hydrogens (tertiary/aromatic N) is 2. The Morgan fingerprint density at radius 2 is 2.03 bits per heavy atom. The van der Waals surface area contributed by atoms with E-state index in [-0.39, 0.29) is 47.1 Å². The van der Waals surface area contributed by atoms with Gasteiger partial charge in [0.1, 0.15) is 6.04 Å². The van der Waals surface area contributed by atoms with Crippen molar-refractivity contribution in [2.45, 2.75) is 97.7 Å². The summed E-state index contributed by atoms with van der Waals surface area (Å²) >= 11 is 5.42. The Morgan fingerprint density at radius 1 is 1.30 bits per heavy atom. The largest absolute Gasteiger partial charge is 0.465 e. The molecule has 1 spiro atoms. The number of aliphatic hydroxyl groups is 1. The molecule has 4 aliphatic rings. The number of halogens is 1. The molecule has 7 nitrogen and oxygen atoms in total. The third-order valence-electron chi connectivity index (χ3n) is 8.73. The number of fused-ring (bicyclic) bond motifs is 1. The van der Waals surface area contributed by atoms with E-state index in [1.165, 1.54) is 6.42 Å². The van der Waals surface area contributed by atoms with E-state index < -0.39 is 28.7 Å². The molecule has 1 N–H and O–H groups in total. The molecule has 0 radical (unpaired) electrons. The molecule has 4 rings (SSSR count). The minimum atomic E-state index is -0.728. The van der Waals surface area contributed by atoms with Gasteiger partial charge in [-0.2, -0.15) is 0 Å². The van der Waals surface area contributed by atoms with Gasteiger partial charge in [0.05, 0.1) is 35.8 Å². The Kier molecular flexibility index (Phi) is 9.49. The van der Waals surface area contributed by atoms with Crippen LogP contribution in [0.25, 0.3) is 0 Å². The van der Waals surface area contributed by atoms with E-state index in [0.717, 1.165) is 32.1 Å². The molecule has 9 heteroatoms. The molecule has 3 heterocycles. The van der Waals surface area contributed by atoms with Crippen LogP contribution in [0, 0.1) is 11.8 Å². The molecule has 0 aromatic heterocycles.